The van der Waals surface area contributed by atoms with Crippen LogP contribution >= 0.6 is 0 Å². The molecule has 0 aliphatic rings. The highest BCUT2D eigenvalue weighted by molar-refractivity contribution is 5.92. The molecule has 0 aliphatic carbocycles. The third kappa shape index (κ3) is 3.43. The van der Waals surface area contributed by atoms with Crippen LogP contribution in [0.2, 0.25) is 0 Å². The molecule has 156 valence electrons. The third-order valence-electron chi connectivity index (χ3n) is 5.44. The van der Waals surface area contributed by atoms with E-state index in [0.29, 0.717) is 24.9 Å². The molecule has 0 radical (unpaired) electrons. The molecule has 2 aromatic carbocycles. The average Bonchev–Trinajstić information content (AvgIpc) is 3.18. The number of benzene rings is 2. The van der Waals surface area contributed by atoms with Crippen LogP contribution in [-0.2, 0) is 6.54 Å². The summed E-state index contributed by atoms with van der Waals surface area (Å²) in [4.78, 5) is 18.2. The first-order valence-electron chi connectivity index (χ1n) is 10.4. The maximum absolute atomic E-state index is 13.4. The minimum absolute atomic E-state index is 0.0623. The average molecular weight is 413 g/mol. The second-order valence-corrected chi connectivity index (χ2v) is 7.65. The third-order valence-corrected chi connectivity index (χ3v) is 5.44. The molecule has 7 nitrogen and oxygen atoms in total. The van der Waals surface area contributed by atoms with E-state index in [0.717, 1.165) is 39.1 Å². The molecule has 2 N–H and O–H groups in total. The van der Waals surface area contributed by atoms with E-state index in [1.807, 2.05) is 72.1 Å². The summed E-state index contributed by atoms with van der Waals surface area (Å²) in [5, 5.41) is 19.7. The van der Waals surface area contributed by atoms with Crippen LogP contribution in [-0.4, -0.2) is 37.4 Å². The van der Waals surface area contributed by atoms with E-state index in [1.165, 1.54) is 0 Å². The largest absolute Gasteiger partial charge is 0.396 e. The van der Waals surface area contributed by atoms with E-state index < -0.39 is 0 Å². The normalized spacial score (nSPS) is 11.5. The lowest BCUT2D eigenvalue weighted by atomic mass is 10.1. The summed E-state index contributed by atoms with van der Waals surface area (Å²) in [5.41, 5.74) is 3.11. The molecule has 0 saturated heterocycles. The van der Waals surface area contributed by atoms with Crippen LogP contribution in [0.5, 0.6) is 0 Å². The molecule has 0 atom stereocenters. The van der Waals surface area contributed by atoms with E-state index >= 15 is 0 Å². The monoisotopic (exact) mass is 413 g/mol. The van der Waals surface area contributed by atoms with Gasteiger partial charge in [-0.3, -0.25) is 9.36 Å². The van der Waals surface area contributed by atoms with Gasteiger partial charge in [0.1, 0.15) is 11.5 Å². The summed E-state index contributed by atoms with van der Waals surface area (Å²) < 4.78 is 3.56. The van der Waals surface area contributed by atoms with Gasteiger partial charge in [0.05, 0.1) is 28.8 Å². The molecular formula is C24H23N5O2. The second-order valence-electron chi connectivity index (χ2n) is 7.65. The van der Waals surface area contributed by atoms with Crippen molar-refractivity contribution < 1.29 is 5.11 Å². The number of hydrogen-bond donors (Lipinski definition) is 2. The van der Waals surface area contributed by atoms with Crippen molar-refractivity contribution in [3.8, 4) is 0 Å². The lowest BCUT2D eigenvalue weighted by molar-refractivity contribution is 0.292. The molecule has 0 saturated carbocycles. The molecule has 0 spiro atoms. The zero-order valence-corrected chi connectivity index (χ0v) is 17.2. The Balaban J connectivity index is 1.67. The van der Waals surface area contributed by atoms with Gasteiger partial charge in [-0.15, -0.1) is 0 Å². The van der Waals surface area contributed by atoms with Crippen molar-refractivity contribution in [1.29, 1.82) is 0 Å². The van der Waals surface area contributed by atoms with E-state index in [-0.39, 0.29) is 12.2 Å². The Kier molecular flexibility index (Phi) is 4.88. The van der Waals surface area contributed by atoms with Gasteiger partial charge in [-0.2, -0.15) is 5.10 Å². The number of anilines is 1. The highest BCUT2D eigenvalue weighted by atomic mass is 16.3. The Labute approximate surface area is 178 Å². The number of nitrogens with zero attached hydrogens (tertiary/aromatic N) is 4. The zero-order valence-electron chi connectivity index (χ0n) is 17.2. The van der Waals surface area contributed by atoms with E-state index in [9.17, 15) is 4.79 Å². The van der Waals surface area contributed by atoms with Gasteiger partial charge in [0.2, 0.25) is 0 Å². The molecule has 31 heavy (non-hydrogen) atoms. The van der Waals surface area contributed by atoms with Crippen molar-refractivity contribution in [1.82, 2.24) is 19.2 Å². The molecule has 0 unspecified atom stereocenters. The Bertz CT molecular complexity index is 1470. The first-order valence-corrected chi connectivity index (χ1v) is 10.4. The number of rotatable bonds is 6. The van der Waals surface area contributed by atoms with Gasteiger partial charge in [-0.1, -0.05) is 36.4 Å². The lowest BCUT2D eigenvalue weighted by Crippen LogP contribution is -2.24. The first kappa shape index (κ1) is 19.3. The van der Waals surface area contributed by atoms with Crippen LogP contribution < -0.4 is 10.9 Å². The molecule has 5 rings (SSSR count). The molecule has 5 aromatic rings. The summed E-state index contributed by atoms with van der Waals surface area (Å²) in [7, 11) is 0. The standard InChI is InChI=1S/C24H23N5O2/c1-16-13-22-28(24(31)20-9-4-5-10-21(20)29(22)27-16)15-18-14-17-7-2-3-8-19(17)23(26-18)25-11-6-12-30/h2-5,7-10,13-14,30H,6,11-12,15H2,1H3,(H,25,26). The second kappa shape index (κ2) is 7.85. The molecule has 0 aliphatic heterocycles. The molecule has 7 heteroatoms. The number of aliphatic hydroxyl groups is 1. The summed E-state index contributed by atoms with van der Waals surface area (Å²) in [5.74, 6) is 0.760. The van der Waals surface area contributed by atoms with Crippen LogP contribution in [0.3, 0.4) is 0 Å². The van der Waals surface area contributed by atoms with Crippen molar-refractivity contribution in [2.24, 2.45) is 0 Å². The van der Waals surface area contributed by atoms with Gasteiger partial charge in [0.15, 0.2) is 0 Å². The van der Waals surface area contributed by atoms with Gasteiger partial charge in [0.25, 0.3) is 5.56 Å². The summed E-state index contributed by atoms with van der Waals surface area (Å²) >= 11 is 0. The van der Waals surface area contributed by atoms with Crippen LogP contribution in [0.1, 0.15) is 17.8 Å². The Hall–Kier alpha value is -3.71. The van der Waals surface area contributed by atoms with Crippen LogP contribution in [0.15, 0.2) is 65.5 Å². The fourth-order valence-corrected chi connectivity index (χ4v) is 4.01. The van der Waals surface area contributed by atoms with Crippen molar-refractivity contribution in [3.05, 3.63) is 82.4 Å². The number of aryl methyl sites for hydroxylation is 1. The Morgan fingerprint density at radius 2 is 1.81 bits per heavy atom. The predicted molar refractivity (Wildman–Crippen MR) is 123 cm³/mol. The molecular weight excluding hydrogens is 390 g/mol. The van der Waals surface area contributed by atoms with Gasteiger partial charge in [-0.05, 0) is 36.9 Å². The minimum atomic E-state index is -0.0623. The smallest absolute Gasteiger partial charge is 0.262 e. The fraction of sp³-hybridized carbons (Fsp3) is 0.208. The molecule has 3 aromatic heterocycles. The maximum atomic E-state index is 13.4. The van der Waals surface area contributed by atoms with Crippen LogP contribution in [0, 0.1) is 6.92 Å². The highest BCUT2D eigenvalue weighted by Crippen LogP contribution is 2.23. The van der Waals surface area contributed by atoms with Crippen molar-refractivity contribution in [3.63, 3.8) is 0 Å². The van der Waals surface area contributed by atoms with Gasteiger partial charge in [-0.25, -0.2) is 9.50 Å². The minimum Gasteiger partial charge on any atom is -0.396 e. The fourth-order valence-electron chi connectivity index (χ4n) is 4.01. The first-order chi connectivity index (χ1) is 15.2. The molecule has 3 heterocycles. The summed E-state index contributed by atoms with van der Waals surface area (Å²) in [6.45, 7) is 3.00. The summed E-state index contributed by atoms with van der Waals surface area (Å²) in [6, 6.07) is 19.5. The highest BCUT2D eigenvalue weighted by Gasteiger charge is 2.14. The van der Waals surface area contributed by atoms with Crippen LogP contribution in [0.25, 0.3) is 27.3 Å². The van der Waals surface area contributed by atoms with Crippen LogP contribution in [0.4, 0.5) is 5.82 Å². The topological polar surface area (TPSA) is 84.5 Å². The van der Waals surface area contributed by atoms with Crippen molar-refractivity contribution in [2.45, 2.75) is 19.9 Å². The van der Waals surface area contributed by atoms with E-state index in [1.54, 1.807) is 4.57 Å². The molecule has 0 amide bonds. The number of hydrogen-bond acceptors (Lipinski definition) is 5. The molecule has 0 fully saturated rings. The van der Waals surface area contributed by atoms with Gasteiger partial charge >= 0.3 is 0 Å². The number of aromatic nitrogens is 4. The molecule has 0 bridgehead atoms. The summed E-state index contributed by atoms with van der Waals surface area (Å²) in [6.07, 6.45) is 0.639. The van der Waals surface area contributed by atoms with E-state index in [2.05, 4.69) is 10.4 Å². The lowest BCUT2D eigenvalue weighted by Gasteiger charge is -2.14. The SMILES string of the molecule is Cc1cc2n(Cc3cc4ccccc4c(NCCCO)n3)c(=O)c3ccccc3n2n1. The number of nitrogens with one attached hydrogen (secondary N) is 1. The van der Waals surface area contributed by atoms with E-state index in [4.69, 9.17) is 10.1 Å². The Morgan fingerprint density at radius 3 is 2.65 bits per heavy atom. The quantitative estimate of drug-likeness (QED) is 0.417. The Morgan fingerprint density at radius 1 is 1.03 bits per heavy atom. The van der Waals surface area contributed by atoms with Crippen molar-refractivity contribution >= 4 is 33.1 Å². The number of fused-ring (bicyclic) bond motifs is 4. The van der Waals surface area contributed by atoms with Gasteiger partial charge in [0, 0.05) is 24.6 Å². The predicted octanol–water partition coefficient (Wildman–Crippen LogP) is 3.35. The number of aliphatic hydroxyl groups excluding tert-OH is 1. The number of para-hydroxylation sites is 1. The van der Waals surface area contributed by atoms with Crippen molar-refractivity contribution in [2.75, 3.05) is 18.5 Å². The number of pyridine rings is 1. The van der Waals surface area contributed by atoms with Gasteiger partial charge < -0.3 is 10.4 Å². The zero-order chi connectivity index (χ0) is 21.4. The maximum Gasteiger partial charge on any atom is 0.262 e.